The van der Waals surface area contributed by atoms with Crippen LogP contribution in [0.3, 0.4) is 0 Å². The monoisotopic (exact) mass is 269 g/mol. The van der Waals surface area contributed by atoms with Crippen LogP contribution in [0.25, 0.3) is 5.69 Å². The average Bonchev–Trinajstić information content (AvgIpc) is 3.11. The lowest BCUT2D eigenvalue weighted by molar-refractivity contribution is 0.582. The van der Waals surface area contributed by atoms with Crippen molar-refractivity contribution in [1.82, 2.24) is 30.2 Å². The summed E-state index contributed by atoms with van der Waals surface area (Å²) < 4.78 is 1.72. The van der Waals surface area contributed by atoms with Crippen molar-refractivity contribution in [3.8, 4) is 5.69 Å². The quantitative estimate of drug-likeness (QED) is 0.533. The first kappa shape index (κ1) is 12.5. The summed E-state index contributed by atoms with van der Waals surface area (Å²) in [6.45, 7) is 0. The van der Waals surface area contributed by atoms with E-state index in [2.05, 4.69) is 20.7 Å². The Hall–Kier alpha value is -2.51. The van der Waals surface area contributed by atoms with Crippen LogP contribution in [0.5, 0.6) is 0 Å². The van der Waals surface area contributed by atoms with Crippen LogP contribution in [0, 0.1) is 0 Å². The van der Waals surface area contributed by atoms with Crippen molar-refractivity contribution in [3.05, 3.63) is 60.2 Å². The van der Waals surface area contributed by atoms with Crippen molar-refractivity contribution in [3.63, 3.8) is 0 Å². The van der Waals surface area contributed by atoms with Gasteiger partial charge in [0.1, 0.15) is 11.7 Å². The van der Waals surface area contributed by atoms with Gasteiger partial charge in [-0.3, -0.25) is 10.5 Å². The summed E-state index contributed by atoms with van der Waals surface area (Å²) in [5.74, 6) is 5.62. The number of hydrogen-bond acceptors (Lipinski definition) is 5. The lowest BCUT2D eigenvalue weighted by atomic mass is 10.2. The zero-order valence-corrected chi connectivity index (χ0v) is 11.0. The second-order valence-corrected chi connectivity index (χ2v) is 4.41. The Morgan fingerprint density at radius 2 is 1.90 bits per heavy atom. The lowest BCUT2D eigenvalue weighted by Crippen LogP contribution is -2.29. The molecule has 7 nitrogen and oxygen atoms in total. The number of para-hydroxylation sites is 1. The Balaban J connectivity index is 1.92. The predicted octanol–water partition coefficient (Wildman–Crippen LogP) is 0.553. The fourth-order valence-electron chi connectivity index (χ4n) is 2.00. The molecule has 20 heavy (non-hydrogen) atoms. The zero-order chi connectivity index (χ0) is 13.9. The van der Waals surface area contributed by atoms with Crippen molar-refractivity contribution in [2.24, 2.45) is 12.9 Å². The van der Waals surface area contributed by atoms with E-state index >= 15 is 0 Å². The number of aryl methyl sites for hydroxylation is 1. The number of benzene rings is 1. The summed E-state index contributed by atoms with van der Waals surface area (Å²) in [6.07, 6.45) is 3.55. The number of nitrogens with one attached hydrogen (secondary N) is 1. The molecule has 2 heterocycles. The molecule has 0 aliphatic heterocycles. The SMILES string of the molecule is Cn1ccc(C(NN)c2cnn(-c3ccccc3)n2)n1. The van der Waals surface area contributed by atoms with Crippen LogP contribution in [-0.4, -0.2) is 24.8 Å². The van der Waals surface area contributed by atoms with Crippen molar-refractivity contribution >= 4 is 0 Å². The van der Waals surface area contributed by atoms with E-state index in [1.54, 1.807) is 15.7 Å². The van der Waals surface area contributed by atoms with Crippen molar-refractivity contribution in [2.75, 3.05) is 0 Å². The molecule has 1 aromatic carbocycles. The number of hydrazine groups is 1. The van der Waals surface area contributed by atoms with Gasteiger partial charge in [-0.25, -0.2) is 5.43 Å². The Labute approximate surface area is 116 Å². The fraction of sp³-hybridized carbons (Fsp3) is 0.154. The van der Waals surface area contributed by atoms with Gasteiger partial charge in [-0.15, -0.1) is 0 Å². The van der Waals surface area contributed by atoms with Gasteiger partial charge in [0.15, 0.2) is 0 Å². The summed E-state index contributed by atoms with van der Waals surface area (Å²) in [6, 6.07) is 11.3. The Morgan fingerprint density at radius 1 is 1.10 bits per heavy atom. The third kappa shape index (κ3) is 2.31. The minimum Gasteiger partial charge on any atom is -0.275 e. The molecule has 2 aromatic heterocycles. The van der Waals surface area contributed by atoms with Crippen LogP contribution in [0.15, 0.2) is 48.8 Å². The van der Waals surface area contributed by atoms with Gasteiger partial charge in [-0.1, -0.05) is 18.2 Å². The van der Waals surface area contributed by atoms with Crippen LogP contribution >= 0.6 is 0 Å². The summed E-state index contributed by atoms with van der Waals surface area (Å²) in [4.78, 5) is 1.57. The van der Waals surface area contributed by atoms with E-state index in [1.165, 1.54) is 0 Å². The number of aromatic nitrogens is 5. The van der Waals surface area contributed by atoms with E-state index in [0.29, 0.717) is 0 Å². The molecule has 0 bridgehead atoms. The molecule has 0 spiro atoms. The first-order chi connectivity index (χ1) is 9.78. The van der Waals surface area contributed by atoms with Gasteiger partial charge in [-0.2, -0.15) is 20.1 Å². The van der Waals surface area contributed by atoms with E-state index in [0.717, 1.165) is 17.1 Å². The third-order valence-electron chi connectivity index (χ3n) is 2.99. The maximum Gasteiger partial charge on any atom is 0.110 e. The zero-order valence-electron chi connectivity index (χ0n) is 11.0. The van der Waals surface area contributed by atoms with Crippen LogP contribution in [0.4, 0.5) is 0 Å². The molecule has 102 valence electrons. The van der Waals surface area contributed by atoms with Crippen molar-refractivity contribution in [1.29, 1.82) is 0 Å². The van der Waals surface area contributed by atoms with E-state index in [-0.39, 0.29) is 6.04 Å². The number of nitrogens with zero attached hydrogens (tertiary/aromatic N) is 5. The topological polar surface area (TPSA) is 86.6 Å². The molecule has 0 aliphatic rings. The Morgan fingerprint density at radius 3 is 2.55 bits per heavy atom. The molecule has 3 aromatic rings. The molecular weight excluding hydrogens is 254 g/mol. The van der Waals surface area contributed by atoms with Crippen molar-refractivity contribution < 1.29 is 0 Å². The first-order valence-electron chi connectivity index (χ1n) is 6.21. The van der Waals surface area contributed by atoms with Gasteiger partial charge < -0.3 is 0 Å². The molecule has 0 saturated carbocycles. The molecule has 0 radical (unpaired) electrons. The van der Waals surface area contributed by atoms with Crippen LogP contribution in [0.2, 0.25) is 0 Å². The molecule has 1 atom stereocenters. The summed E-state index contributed by atoms with van der Waals surface area (Å²) >= 11 is 0. The standard InChI is InChI=1S/C13H15N7/c1-19-8-7-11(17-19)13(16-14)12-9-15-20(18-12)10-5-3-2-4-6-10/h2-9,13,16H,14H2,1H3. The average molecular weight is 269 g/mol. The van der Waals surface area contributed by atoms with Gasteiger partial charge in [0, 0.05) is 13.2 Å². The molecular formula is C13H15N7. The first-order valence-corrected chi connectivity index (χ1v) is 6.21. The molecule has 3 rings (SSSR count). The minimum atomic E-state index is -0.284. The molecule has 0 saturated heterocycles. The van der Waals surface area contributed by atoms with Gasteiger partial charge >= 0.3 is 0 Å². The number of nitrogens with two attached hydrogens (primary N) is 1. The Kier molecular flexibility index (Phi) is 3.28. The summed E-state index contributed by atoms with van der Waals surface area (Å²) in [5.41, 5.74) is 5.14. The molecule has 0 amide bonds. The number of hydrogen-bond donors (Lipinski definition) is 2. The highest BCUT2D eigenvalue weighted by atomic mass is 15.5. The molecule has 7 heteroatoms. The molecule has 3 N–H and O–H groups in total. The highest BCUT2D eigenvalue weighted by molar-refractivity contribution is 5.29. The van der Waals surface area contributed by atoms with E-state index in [1.807, 2.05) is 49.6 Å². The van der Waals surface area contributed by atoms with Crippen LogP contribution in [0.1, 0.15) is 17.4 Å². The lowest BCUT2D eigenvalue weighted by Gasteiger charge is -2.09. The molecule has 0 aliphatic carbocycles. The van der Waals surface area contributed by atoms with Crippen molar-refractivity contribution in [2.45, 2.75) is 6.04 Å². The third-order valence-corrected chi connectivity index (χ3v) is 2.99. The molecule has 0 fully saturated rings. The van der Waals surface area contributed by atoms with E-state index in [4.69, 9.17) is 5.84 Å². The van der Waals surface area contributed by atoms with Crippen LogP contribution in [-0.2, 0) is 7.05 Å². The highest BCUT2D eigenvalue weighted by Crippen LogP contribution is 2.17. The minimum absolute atomic E-state index is 0.284. The van der Waals surface area contributed by atoms with Gasteiger partial charge in [0.2, 0.25) is 0 Å². The molecule has 1 unspecified atom stereocenters. The van der Waals surface area contributed by atoms with Crippen LogP contribution < -0.4 is 11.3 Å². The van der Waals surface area contributed by atoms with E-state index < -0.39 is 0 Å². The van der Waals surface area contributed by atoms with E-state index in [9.17, 15) is 0 Å². The fourth-order valence-corrected chi connectivity index (χ4v) is 2.00. The maximum absolute atomic E-state index is 5.62. The van der Waals surface area contributed by atoms with Gasteiger partial charge in [0.05, 0.1) is 17.6 Å². The van der Waals surface area contributed by atoms with Gasteiger partial charge in [0.25, 0.3) is 0 Å². The number of rotatable bonds is 4. The largest absolute Gasteiger partial charge is 0.275 e. The predicted molar refractivity (Wildman–Crippen MR) is 73.7 cm³/mol. The highest BCUT2D eigenvalue weighted by Gasteiger charge is 2.18. The second-order valence-electron chi connectivity index (χ2n) is 4.41. The summed E-state index contributed by atoms with van der Waals surface area (Å²) in [5, 5.41) is 13.1. The maximum atomic E-state index is 5.62. The summed E-state index contributed by atoms with van der Waals surface area (Å²) in [7, 11) is 1.86. The second kappa shape index (κ2) is 5.24. The smallest absolute Gasteiger partial charge is 0.110 e. The normalized spacial score (nSPS) is 12.5. The Bertz CT molecular complexity index is 686. The van der Waals surface area contributed by atoms with Gasteiger partial charge in [-0.05, 0) is 18.2 Å².